The Morgan fingerprint density at radius 3 is 2.50 bits per heavy atom. The molecule has 1 atom stereocenters. The number of hydrogen-bond donors (Lipinski definition) is 0. The molecule has 1 aromatic rings. The Morgan fingerprint density at radius 1 is 1.22 bits per heavy atom. The molecule has 1 unspecified atom stereocenters. The number of anilines is 1. The lowest BCUT2D eigenvalue weighted by Gasteiger charge is -2.19. The van der Waals surface area contributed by atoms with E-state index in [1.54, 1.807) is 0 Å². The van der Waals surface area contributed by atoms with Crippen LogP contribution in [0, 0.1) is 5.92 Å². The van der Waals surface area contributed by atoms with Crippen LogP contribution in [0.25, 0.3) is 6.08 Å². The summed E-state index contributed by atoms with van der Waals surface area (Å²) in [6.45, 7) is 2.22. The molecule has 18 heavy (non-hydrogen) atoms. The monoisotopic (exact) mass is 243 g/mol. The minimum atomic E-state index is 0.324. The predicted molar refractivity (Wildman–Crippen MR) is 76.8 cm³/mol. The van der Waals surface area contributed by atoms with Gasteiger partial charge in [0.05, 0.1) is 0 Å². The molecule has 0 saturated heterocycles. The summed E-state index contributed by atoms with van der Waals surface area (Å²) in [4.78, 5) is 13.9. The van der Waals surface area contributed by atoms with Crippen LogP contribution in [-0.2, 0) is 4.79 Å². The molecule has 96 valence electrons. The first kappa shape index (κ1) is 12.9. The van der Waals surface area contributed by atoms with E-state index in [0.717, 1.165) is 24.0 Å². The fourth-order valence-electron chi connectivity index (χ4n) is 2.34. The maximum Gasteiger partial charge on any atom is 0.158 e. The number of Topliss-reactive ketones (excluding diaryl/α,β-unsaturated/α-hetero) is 1. The summed E-state index contributed by atoms with van der Waals surface area (Å²) < 4.78 is 0. The third kappa shape index (κ3) is 3.00. The summed E-state index contributed by atoms with van der Waals surface area (Å²) in [5, 5.41) is 0. The second-order valence-electron chi connectivity index (χ2n) is 5.43. The van der Waals surface area contributed by atoms with Gasteiger partial charge < -0.3 is 4.90 Å². The Kier molecular flexibility index (Phi) is 3.85. The Labute approximate surface area is 109 Å². The van der Waals surface area contributed by atoms with Crippen molar-refractivity contribution in [1.82, 2.24) is 0 Å². The number of ketones is 1. The zero-order valence-corrected chi connectivity index (χ0v) is 11.4. The van der Waals surface area contributed by atoms with E-state index in [0.29, 0.717) is 18.1 Å². The van der Waals surface area contributed by atoms with Gasteiger partial charge in [0.15, 0.2) is 5.78 Å². The molecule has 0 bridgehead atoms. The molecule has 2 nitrogen and oxygen atoms in total. The fourth-order valence-corrected chi connectivity index (χ4v) is 2.34. The van der Waals surface area contributed by atoms with Crippen molar-refractivity contribution in [1.29, 1.82) is 0 Å². The summed E-state index contributed by atoms with van der Waals surface area (Å²) in [5.74, 6) is 0.958. The Hall–Kier alpha value is -1.57. The van der Waals surface area contributed by atoms with Crippen LogP contribution < -0.4 is 4.90 Å². The largest absolute Gasteiger partial charge is 0.378 e. The molecule has 1 saturated carbocycles. The number of carbonyl (C=O) groups excluding carboxylic acids is 1. The molecule has 0 heterocycles. The lowest BCUT2D eigenvalue weighted by atomic mass is 9.85. The maximum absolute atomic E-state index is 11.8. The molecule has 1 aliphatic carbocycles. The summed E-state index contributed by atoms with van der Waals surface area (Å²) in [6.07, 6.45) is 4.73. The Bertz CT molecular complexity index is 456. The molecule has 1 fully saturated rings. The van der Waals surface area contributed by atoms with Gasteiger partial charge in [0.2, 0.25) is 0 Å². The van der Waals surface area contributed by atoms with Gasteiger partial charge in [-0.2, -0.15) is 0 Å². The van der Waals surface area contributed by atoms with Gasteiger partial charge >= 0.3 is 0 Å². The van der Waals surface area contributed by atoms with Crippen molar-refractivity contribution in [3.63, 3.8) is 0 Å². The van der Waals surface area contributed by atoms with Gasteiger partial charge in [0.25, 0.3) is 0 Å². The minimum Gasteiger partial charge on any atom is -0.378 e. The molecule has 0 spiro atoms. The van der Waals surface area contributed by atoms with Crippen LogP contribution in [0.15, 0.2) is 29.8 Å². The van der Waals surface area contributed by atoms with Crippen LogP contribution in [0.2, 0.25) is 0 Å². The number of benzene rings is 1. The second-order valence-corrected chi connectivity index (χ2v) is 5.43. The predicted octanol–water partition coefficient (Wildman–Crippen LogP) is 3.53. The van der Waals surface area contributed by atoms with Gasteiger partial charge in [-0.05, 0) is 48.1 Å². The summed E-state index contributed by atoms with van der Waals surface area (Å²) in [7, 11) is 4.06. The van der Waals surface area contributed by atoms with Gasteiger partial charge in [-0.25, -0.2) is 0 Å². The topological polar surface area (TPSA) is 20.3 Å². The zero-order chi connectivity index (χ0) is 13.1. The van der Waals surface area contributed by atoms with Crippen LogP contribution >= 0.6 is 0 Å². The third-order valence-electron chi connectivity index (χ3n) is 3.54. The van der Waals surface area contributed by atoms with Crippen molar-refractivity contribution in [2.24, 2.45) is 5.92 Å². The Morgan fingerprint density at radius 2 is 1.89 bits per heavy atom. The average molecular weight is 243 g/mol. The van der Waals surface area contributed by atoms with Crippen molar-refractivity contribution in [3.8, 4) is 0 Å². The number of allylic oxidation sites excluding steroid dienone is 1. The molecule has 2 rings (SSSR count). The van der Waals surface area contributed by atoms with Crippen LogP contribution in [0.4, 0.5) is 5.69 Å². The molecule has 0 radical (unpaired) electrons. The van der Waals surface area contributed by atoms with E-state index >= 15 is 0 Å². The lowest BCUT2D eigenvalue weighted by molar-refractivity contribution is -0.116. The molecular formula is C16H21NO. The molecular weight excluding hydrogens is 222 g/mol. The first-order valence-electron chi connectivity index (χ1n) is 6.57. The second kappa shape index (κ2) is 5.38. The maximum atomic E-state index is 11.8. The van der Waals surface area contributed by atoms with Crippen LogP contribution in [0.1, 0.15) is 31.7 Å². The number of hydrogen-bond acceptors (Lipinski definition) is 2. The van der Waals surface area contributed by atoms with Gasteiger partial charge in [-0.15, -0.1) is 0 Å². The third-order valence-corrected chi connectivity index (χ3v) is 3.54. The standard InChI is InChI=1S/C16H21NO/c1-12-4-9-16(18)14(10-12)11-13-5-7-15(8-6-13)17(2)3/h5-8,11-12H,4,9-10H2,1-3H3. The van der Waals surface area contributed by atoms with Gasteiger partial charge in [0.1, 0.15) is 0 Å². The zero-order valence-electron chi connectivity index (χ0n) is 11.4. The number of rotatable bonds is 2. The van der Waals surface area contributed by atoms with Gasteiger partial charge in [-0.1, -0.05) is 19.1 Å². The lowest BCUT2D eigenvalue weighted by Crippen LogP contribution is -2.14. The molecule has 1 aromatic carbocycles. The first-order chi connectivity index (χ1) is 8.56. The van der Waals surface area contributed by atoms with E-state index in [1.807, 2.05) is 14.1 Å². The van der Waals surface area contributed by atoms with Crippen LogP contribution in [-0.4, -0.2) is 19.9 Å². The smallest absolute Gasteiger partial charge is 0.158 e. The highest BCUT2D eigenvalue weighted by atomic mass is 16.1. The highest BCUT2D eigenvalue weighted by Crippen LogP contribution is 2.27. The van der Waals surface area contributed by atoms with Crippen molar-refractivity contribution >= 4 is 17.5 Å². The van der Waals surface area contributed by atoms with E-state index in [-0.39, 0.29) is 0 Å². The van der Waals surface area contributed by atoms with E-state index < -0.39 is 0 Å². The minimum absolute atomic E-state index is 0.324. The summed E-state index contributed by atoms with van der Waals surface area (Å²) >= 11 is 0. The van der Waals surface area contributed by atoms with Gasteiger partial charge in [0, 0.05) is 26.2 Å². The SMILES string of the molecule is CC1CCC(=O)C(=Cc2ccc(N(C)C)cc2)C1. The molecule has 0 N–H and O–H groups in total. The van der Waals surface area contributed by atoms with Crippen molar-refractivity contribution in [2.45, 2.75) is 26.2 Å². The van der Waals surface area contributed by atoms with Crippen LogP contribution in [0.5, 0.6) is 0 Å². The highest BCUT2D eigenvalue weighted by Gasteiger charge is 2.19. The normalized spacial score (nSPS) is 22.3. The highest BCUT2D eigenvalue weighted by molar-refractivity contribution is 6.00. The van der Waals surface area contributed by atoms with Crippen molar-refractivity contribution in [3.05, 3.63) is 35.4 Å². The quantitative estimate of drug-likeness (QED) is 0.741. The first-order valence-corrected chi connectivity index (χ1v) is 6.57. The van der Waals surface area contributed by atoms with Crippen molar-refractivity contribution in [2.75, 3.05) is 19.0 Å². The van der Waals surface area contributed by atoms with E-state index in [1.165, 1.54) is 5.69 Å². The summed E-state index contributed by atoms with van der Waals surface area (Å²) in [6, 6.07) is 8.33. The molecule has 2 heteroatoms. The van der Waals surface area contributed by atoms with Crippen LogP contribution in [0.3, 0.4) is 0 Å². The average Bonchev–Trinajstić information content (AvgIpc) is 2.34. The van der Waals surface area contributed by atoms with E-state index in [2.05, 4.69) is 42.2 Å². The van der Waals surface area contributed by atoms with E-state index in [9.17, 15) is 4.79 Å². The number of carbonyl (C=O) groups is 1. The molecule has 0 aliphatic heterocycles. The molecule has 1 aliphatic rings. The number of nitrogens with zero attached hydrogens (tertiary/aromatic N) is 1. The molecule has 0 amide bonds. The fraction of sp³-hybridized carbons (Fsp3) is 0.438. The Balaban J connectivity index is 2.18. The van der Waals surface area contributed by atoms with Crippen molar-refractivity contribution < 1.29 is 4.79 Å². The molecule has 0 aromatic heterocycles. The van der Waals surface area contributed by atoms with E-state index in [4.69, 9.17) is 0 Å². The summed E-state index contributed by atoms with van der Waals surface area (Å²) in [5.41, 5.74) is 3.30. The van der Waals surface area contributed by atoms with Gasteiger partial charge in [-0.3, -0.25) is 4.79 Å².